The van der Waals surface area contributed by atoms with Gasteiger partial charge in [0.25, 0.3) is 0 Å². The van der Waals surface area contributed by atoms with E-state index in [4.69, 9.17) is 9.47 Å². The molecule has 0 radical (unpaired) electrons. The highest BCUT2D eigenvalue weighted by Crippen LogP contribution is 2.25. The van der Waals surface area contributed by atoms with Crippen molar-refractivity contribution in [3.8, 4) is 0 Å². The van der Waals surface area contributed by atoms with Crippen LogP contribution in [0.5, 0.6) is 0 Å². The summed E-state index contributed by atoms with van der Waals surface area (Å²) in [5.74, 6) is -0.826. The molecular weight excluding hydrogens is 400 g/mol. The molecule has 170 valence electrons. The third-order valence-corrected chi connectivity index (χ3v) is 5.33. The largest absolute Gasteiger partial charge is 0.467 e. The second-order valence-electron chi connectivity index (χ2n) is 7.76. The normalized spacial score (nSPS) is 16.8. The summed E-state index contributed by atoms with van der Waals surface area (Å²) in [7, 11) is 1.28. The van der Waals surface area contributed by atoms with Crippen molar-refractivity contribution in [1.29, 1.82) is 0 Å². The van der Waals surface area contributed by atoms with Crippen LogP contribution in [-0.2, 0) is 30.5 Å². The van der Waals surface area contributed by atoms with Crippen molar-refractivity contribution in [2.45, 2.75) is 64.0 Å². The van der Waals surface area contributed by atoms with Gasteiger partial charge in [-0.1, -0.05) is 36.8 Å². The minimum atomic E-state index is -0.775. The zero-order chi connectivity index (χ0) is 22.5. The van der Waals surface area contributed by atoms with E-state index in [-0.39, 0.29) is 30.6 Å². The maximum Gasteiger partial charge on any atom is 0.407 e. The van der Waals surface area contributed by atoms with Gasteiger partial charge in [-0.2, -0.15) is 0 Å². The van der Waals surface area contributed by atoms with Gasteiger partial charge in [0.05, 0.1) is 7.11 Å². The third-order valence-electron chi connectivity index (χ3n) is 5.33. The fourth-order valence-electron chi connectivity index (χ4n) is 3.64. The molecule has 2 rings (SSSR count). The molecule has 0 saturated heterocycles. The molecule has 8 heteroatoms. The average molecular weight is 433 g/mol. The molecule has 31 heavy (non-hydrogen) atoms. The van der Waals surface area contributed by atoms with E-state index in [9.17, 15) is 19.2 Å². The van der Waals surface area contributed by atoms with Crippen LogP contribution in [0, 0.1) is 5.92 Å². The van der Waals surface area contributed by atoms with Crippen molar-refractivity contribution in [2.75, 3.05) is 13.7 Å². The average Bonchev–Trinajstić information content (AvgIpc) is 2.78. The summed E-state index contributed by atoms with van der Waals surface area (Å²) in [6.45, 7) is 0.686. The van der Waals surface area contributed by atoms with Crippen LogP contribution in [0.2, 0.25) is 0 Å². The minimum absolute atomic E-state index is 0.120. The highest BCUT2D eigenvalue weighted by Gasteiger charge is 2.33. The zero-order valence-electron chi connectivity index (χ0n) is 18.1. The summed E-state index contributed by atoms with van der Waals surface area (Å²) < 4.78 is 9.95. The molecule has 0 unspecified atom stereocenters. The Morgan fingerprint density at radius 1 is 1.13 bits per heavy atom. The van der Waals surface area contributed by atoms with Gasteiger partial charge in [-0.3, -0.25) is 9.59 Å². The molecule has 0 aromatic heterocycles. The van der Waals surface area contributed by atoms with E-state index in [1.807, 2.05) is 30.3 Å². The lowest BCUT2D eigenvalue weighted by Gasteiger charge is -2.28. The van der Waals surface area contributed by atoms with Crippen LogP contribution in [0.3, 0.4) is 0 Å². The Balaban J connectivity index is 1.59. The first-order chi connectivity index (χ1) is 15.0. The number of ether oxygens (including phenoxy) is 2. The van der Waals surface area contributed by atoms with E-state index in [1.54, 1.807) is 0 Å². The van der Waals surface area contributed by atoms with Gasteiger partial charge in [0.1, 0.15) is 18.4 Å². The number of Topliss-reactive ketones (excluding diaryl/α,β-unsaturated/α-hetero) is 1. The molecule has 8 nitrogen and oxygen atoms in total. The summed E-state index contributed by atoms with van der Waals surface area (Å²) in [5, 5.41) is 5.43. The molecule has 0 spiro atoms. The minimum Gasteiger partial charge on any atom is -0.467 e. The molecule has 2 amide bonds. The van der Waals surface area contributed by atoms with Gasteiger partial charge in [-0.15, -0.1) is 0 Å². The van der Waals surface area contributed by atoms with Crippen molar-refractivity contribution < 1.29 is 28.7 Å². The second kappa shape index (κ2) is 13.4. The summed E-state index contributed by atoms with van der Waals surface area (Å²) in [6.07, 6.45) is 4.17. The SMILES string of the molecule is COC(=O)[C@@H](NC(=O)CCCCCNC(=O)OCc1ccccc1)[C@@H]1CCCC(=O)C1. The van der Waals surface area contributed by atoms with Gasteiger partial charge in [-0.05, 0) is 37.2 Å². The fraction of sp³-hybridized carbons (Fsp3) is 0.565. The number of esters is 1. The van der Waals surface area contributed by atoms with Gasteiger partial charge in [0.2, 0.25) is 5.91 Å². The zero-order valence-corrected chi connectivity index (χ0v) is 18.1. The number of carbonyl (C=O) groups is 4. The molecule has 2 N–H and O–H groups in total. The van der Waals surface area contributed by atoms with Crippen LogP contribution >= 0.6 is 0 Å². The van der Waals surface area contributed by atoms with E-state index in [2.05, 4.69) is 10.6 Å². The Kier molecular flexibility index (Phi) is 10.5. The van der Waals surface area contributed by atoms with Crippen LogP contribution in [0.4, 0.5) is 4.79 Å². The molecule has 1 aliphatic rings. The van der Waals surface area contributed by atoms with Crippen LogP contribution in [0.15, 0.2) is 30.3 Å². The van der Waals surface area contributed by atoms with E-state index < -0.39 is 18.1 Å². The molecule has 1 saturated carbocycles. The molecule has 0 aliphatic heterocycles. The number of rotatable bonds is 11. The molecule has 1 fully saturated rings. The standard InChI is InChI=1S/C23H32N2O6/c1-30-22(28)21(18-11-8-12-19(26)15-18)25-20(27)13-6-3-7-14-24-23(29)31-16-17-9-4-2-5-10-17/h2,4-5,9-10,18,21H,3,6-8,11-16H2,1H3,(H,24,29)(H,25,27)/t18-,21+/m1/s1. The molecule has 1 aromatic carbocycles. The fourth-order valence-corrected chi connectivity index (χ4v) is 3.64. The number of carbonyl (C=O) groups excluding carboxylic acids is 4. The molecule has 1 aromatic rings. The number of benzene rings is 1. The second-order valence-corrected chi connectivity index (χ2v) is 7.76. The third kappa shape index (κ3) is 9.19. The molecule has 0 heterocycles. The van der Waals surface area contributed by atoms with Gasteiger partial charge in [-0.25, -0.2) is 9.59 Å². The summed E-state index contributed by atoms with van der Waals surface area (Å²) in [5.41, 5.74) is 0.923. The predicted molar refractivity (Wildman–Crippen MR) is 114 cm³/mol. The Hall–Kier alpha value is -2.90. The number of nitrogens with one attached hydrogen (secondary N) is 2. The van der Waals surface area contributed by atoms with E-state index >= 15 is 0 Å². The maximum absolute atomic E-state index is 12.3. The topological polar surface area (TPSA) is 111 Å². The van der Waals surface area contributed by atoms with Crippen LogP contribution < -0.4 is 10.6 Å². The number of methoxy groups -OCH3 is 1. The Morgan fingerprint density at radius 3 is 2.61 bits per heavy atom. The highest BCUT2D eigenvalue weighted by atomic mass is 16.5. The van der Waals surface area contributed by atoms with Crippen molar-refractivity contribution in [2.24, 2.45) is 5.92 Å². The molecular formula is C23H32N2O6. The van der Waals surface area contributed by atoms with Gasteiger partial charge in [0.15, 0.2) is 0 Å². The molecule has 2 atom stereocenters. The predicted octanol–water partition coefficient (Wildman–Crippen LogP) is 2.89. The van der Waals surface area contributed by atoms with Crippen molar-refractivity contribution >= 4 is 23.8 Å². The van der Waals surface area contributed by atoms with Crippen LogP contribution in [0.25, 0.3) is 0 Å². The van der Waals surface area contributed by atoms with Crippen molar-refractivity contribution in [3.05, 3.63) is 35.9 Å². The first-order valence-corrected chi connectivity index (χ1v) is 10.8. The highest BCUT2D eigenvalue weighted by molar-refractivity contribution is 5.86. The van der Waals surface area contributed by atoms with Crippen molar-refractivity contribution in [1.82, 2.24) is 10.6 Å². The summed E-state index contributed by atoms with van der Waals surface area (Å²) in [4.78, 5) is 47.7. The smallest absolute Gasteiger partial charge is 0.407 e. The summed E-state index contributed by atoms with van der Waals surface area (Å²) in [6, 6.07) is 8.66. The molecule has 0 bridgehead atoms. The maximum atomic E-state index is 12.3. The lowest BCUT2D eigenvalue weighted by atomic mass is 9.83. The first kappa shape index (κ1) is 24.4. The number of unbranched alkanes of at least 4 members (excludes halogenated alkanes) is 2. The number of ketones is 1. The Morgan fingerprint density at radius 2 is 1.90 bits per heavy atom. The van der Waals surface area contributed by atoms with Crippen molar-refractivity contribution in [3.63, 3.8) is 0 Å². The van der Waals surface area contributed by atoms with Gasteiger partial charge >= 0.3 is 12.1 Å². The van der Waals surface area contributed by atoms with E-state index in [0.29, 0.717) is 32.2 Å². The monoisotopic (exact) mass is 432 g/mol. The quantitative estimate of drug-likeness (QED) is 0.411. The Labute approximate surface area is 183 Å². The van der Waals surface area contributed by atoms with Crippen LogP contribution in [-0.4, -0.2) is 43.4 Å². The van der Waals surface area contributed by atoms with Crippen LogP contribution in [0.1, 0.15) is 56.9 Å². The lowest BCUT2D eigenvalue weighted by molar-refractivity contribution is -0.147. The number of hydrogen-bond donors (Lipinski definition) is 2. The van der Waals surface area contributed by atoms with E-state index in [1.165, 1.54) is 7.11 Å². The van der Waals surface area contributed by atoms with Gasteiger partial charge < -0.3 is 20.1 Å². The van der Waals surface area contributed by atoms with Gasteiger partial charge in [0, 0.05) is 25.8 Å². The number of hydrogen-bond acceptors (Lipinski definition) is 6. The summed E-state index contributed by atoms with van der Waals surface area (Å²) >= 11 is 0. The first-order valence-electron chi connectivity index (χ1n) is 10.8. The Bertz CT molecular complexity index is 737. The lowest BCUT2D eigenvalue weighted by Crippen LogP contribution is -2.47. The molecule has 1 aliphatic carbocycles. The number of amides is 2. The number of alkyl carbamates (subject to hydrolysis) is 1. The van der Waals surface area contributed by atoms with E-state index in [0.717, 1.165) is 24.8 Å².